The third-order valence-electron chi connectivity index (χ3n) is 2.88. The summed E-state index contributed by atoms with van der Waals surface area (Å²) in [5, 5.41) is 13.3. The van der Waals surface area contributed by atoms with Gasteiger partial charge in [-0.05, 0) is 30.3 Å². The van der Waals surface area contributed by atoms with E-state index in [0.717, 1.165) is 12.1 Å². The van der Waals surface area contributed by atoms with Crippen LogP contribution >= 0.6 is 0 Å². The fourth-order valence-corrected chi connectivity index (χ4v) is 1.93. The van der Waals surface area contributed by atoms with Crippen molar-refractivity contribution in [1.82, 2.24) is 5.16 Å². The largest absolute Gasteiger partial charge is 0.461 e. The minimum atomic E-state index is -0.992. The highest BCUT2D eigenvalue weighted by molar-refractivity contribution is 5.70. The Balaban J connectivity index is 2.13. The van der Waals surface area contributed by atoms with E-state index in [1.807, 2.05) is 0 Å². The molecule has 1 N–H and O–H groups in total. The first-order valence-electron chi connectivity index (χ1n) is 5.79. The molecule has 0 amide bonds. The third kappa shape index (κ3) is 2.00. The summed E-state index contributed by atoms with van der Waals surface area (Å²) in [4.78, 5) is 0. The van der Waals surface area contributed by atoms with Crippen molar-refractivity contribution in [3.8, 4) is 22.8 Å². The van der Waals surface area contributed by atoms with E-state index >= 15 is 0 Å². The second-order valence-electron chi connectivity index (χ2n) is 4.10. The van der Waals surface area contributed by atoms with Crippen molar-refractivity contribution >= 4 is 0 Å². The van der Waals surface area contributed by atoms with Gasteiger partial charge in [0.1, 0.15) is 5.69 Å². The highest BCUT2D eigenvalue weighted by Gasteiger charge is 2.20. The highest BCUT2D eigenvalue weighted by atomic mass is 19.2. The molecule has 102 valence electrons. The Morgan fingerprint density at radius 3 is 2.65 bits per heavy atom. The first-order valence-corrected chi connectivity index (χ1v) is 5.79. The number of rotatable bonds is 3. The molecule has 0 radical (unpaired) electrons. The summed E-state index contributed by atoms with van der Waals surface area (Å²) in [6.45, 7) is -0.367. The molecule has 0 atom stereocenters. The van der Waals surface area contributed by atoms with Crippen molar-refractivity contribution in [1.29, 1.82) is 0 Å². The molecule has 0 saturated carbocycles. The summed E-state index contributed by atoms with van der Waals surface area (Å²) < 4.78 is 36.5. The molecule has 0 saturated heterocycles. The number of hydrogen-bond acceptors (Lipinski definition) is 4. The van der Waals surface area contributed by atoms with Crippen LogP contribution in [0.1, 0.15) is 5.56 Å². The maximum absolute atomic E-state index is 13.3. The molecule has 2 aromatic heterocycles. The van der Waals surface area contributed by atoms with E-state index < -0.39 is 11.6 Å². The van der Waals surface area contributed by atoms with Gasteiger partial charge in [-0.25, -0.2) is 8.78 Å². The molecule has 0 fully saturated rings. The quantitative estimate of drug-likeness (QED) is 0.797. The molecule has 0 spiro atoms. The molecule has 2 heterocycles. The first kappa shape index (κ1) is 12.6. The molecular weight excluding hydrogens is 268 g/mol. The van der Waals surface area contributed by atoms with Crippen molar-refractivity contribution in [2.24, 2.45) is 0 Å². The van der Waals surface area contributed by atoms with Crippen LogP contribution in [-0.4, -0.2) is 10.3 Å². The topological polar surface area (TPSA) is 59.4 Å². The van der Waals surface area contributed by atoms with E-state index in [1.54, 1.807) is 12.1 Å². The predicted molar refractivity (Wildman–Crippen MR) is 65.5 cm³/mol. The molecule has 3 aromatic rings. The van der Waals surface area contributed by atoms with Gasteiger partial charge in [0, 0.05) is 5.56 Å². The Hall–Kier alpha value is -2.47. The van der Waals surface area contributed by atoms with Crippen LogP contribution in [0.25, 0.3) is 22.8 Å². The zero-order chi connectivity index (χ0) is 14.1. The van der Waals surface area contributed by atoms with Gasteiger partial charge in [-0.15, -0.1) is 0 Å². The molecule has 0 bridgehead atoms. The summed E-state index contributed by atoms with van der Waals surface area (Å²) in [6, 6.07) is 6.66. The number of benzene rings is 1. The van der Waals surface area contributed by atoms with Crippen molar-refractivity contribution in [3.63, 3.8) is 0 Å². The monoisotopic (exact) mass is 277 g/mol. The molecule has 0 aliphatic heterocycles. The average Bonchev–Trinajstić information content (AvgIpc) is 3.09. The van der Waals surface area contributed by atoms with E-state index in [-0.39, 0.29) is 18.1 Å². The SMILES string of the molecule is OCc1c(-c2ccc(F)c(F)c2)noc1-c1ccco1. The zero-order valence-electron chi connectivity index (χ0n) is 10.1. The smallest absolute Gasteiger partial charge is 0.208 e. The lowest BCUT2D eigenvalue weighted by Gasteiger charge is -2.00. The van der Waals surface area contributed by atoms with Gasteiger partial charge in [-0.2, -0.15) is 0 Å². The number of hydrogen-bond donors (Lipinski definition) is 1. The standard InChI is InChI=1S/C14H9F2NO3/c15-10-4-3-8(6-11(10)16)13-9(7-18)14(20-17-13)12-2-1-5-19-12/h1-6,18H,7H2. The van der Waals surface area contributed by atoms with Gasteiger partial charge >= 0.3 is 0 Å². The van der Waals surface area contributed by atoms with Gasteiger partial charge in [0.25, 0.3) is 0 Å². The number of aliphatic hydroxyl groups is 1. The summed E-state index contributed by atoms with van der Waals surface area (Å²) in [5.41, 5.74) is 0.915. The van der Waals surface area contributed by atoms with E-state index in [1.165, 1.54) is 12.3 Å². The highest BCUT2D eigenvalue weighted by Crippen LogP contribution is 2.32. The van der Waals surface area contributed by atoms with Gasteiger partial charge in [-0.3, -0.25) is 0 Å². The third-order valence-corrected chi connectivity index (χ3v) is 2.88. The maximum atomic E-state index is 13.3. The first-order chi connectivity index (χ1) is 9.70. The molecule has 20 heavy (non-hydrogen) atoms. The molecule has 1 aromatic carbocycles. The fraction of sp³-hybridized carbons (Fsp3) is 0.0714. The summed E-state index contributed by atoms with van der Waals surface area (Å²) in [7, 11) is 0. The minimum Gasteiger partial charge on any atom is -0.461 e. The lowest BCUT2D eigenvalue weighted by atomic mass is 10.1. The Morgan fingerprint density at radius 2 is 2.00 bits per heavy atom. The number of nitrogens with zero attached hydrogens (tertiary/aromatic N) is 1. The van der Waals surface area contributed by atoms with Gasteiger partial charge in [0.05, 0.1) is 18.4 Å². The van der Waals surface area contributed by atoms with Gasteiger partial charge in [0.15, 0.2) is 17.4 Å². The average molecular weight is 277 g/mol. The predicted octanol–water partition coefficient (Wildman–Crippen LogP) is 3.37. The number of halogens is 2. The van der Waals surface area contributed by atoms with E-state index in [4.69, 9.17) is 8.94 Å². The minimum absolute atomic E-state index is 0.248. The van der Waals surface area contributed by atoms with Gasteiger partial charge in [-0.1, -0.05) is 5.16 Å². The number of aliphatic hydroxyl groups excluding tert-OH is 1. The van der Waals surface area contributed by atoms with Crippen molar-refractivity contribution in [3.05, 3.63) is 53.8 Å². The summed E-state index contributed by atoms with van der Waals surface area (Å²) >= 11 is 0. The Labute approximate surface area is 112 Å². The van der Waals surface area contributed by atoms with Crippen LogP contribution in [0.15, 0.2) is 45.5 Å². The van der Waals surface area contributed by atoms with Crippen LogP contribution in [0.2, 0.25) is 0 Å². The van der Waals surface area contributed by atoms with Crippen LogP contribution in [0.3, 0.4) is 0 Å². The second kappa shape index (κ2) is 4.90. The molecule has 0 aliphatic rings. The fourth-order valence-electron chi connectivity index (χ4n) is 1.93. The van der Waals surface area contributed by atoms with Crippen LogP contribution in [0, 0.1) is 11.6 Å². The molecule has 6 heteroatoms. The normalized spacial score (nSPS) is 10.9. The summed E-state index contributed by atoms with van der Waals surface area (Å²) in [6.07, 6.45) is 1.45. The molecule has 0 aliphatic carbocycles. The Kier molecular flexibility index (Phi) is 3.08. The molecule has 4 nitrogen and oxygen atoms in total. The lowest BCUT2D eigenvalue weighted by Crippen LogP contribution is -1.91. The summed E-state index contributed by atoms with van der Waals surface area (Å²) in [5.74, 6) is -1.28. The Bertz CT molecular complexity index is 735. The number of furan rings is 1. The van der Waals surface area contributed by atoms with E-state index in [2.05, 4.69) is 5.16 Å². The molecule has 0 unspecified atom stereocenters. The maximum Gasteiger partial charge on any atom is 0.208 e. The Morgan fingerprint density at radius 1 is 1.15 bits per heavy atom. The van der Waals surface area contributed by atoms with Crippen LogP contribution in [0.5, 0.6) is 0 Å². The van der Waals surface area contributed by atoms with Gasteiger partial charge < -0.3 is 14.0 Å². The van der Waals surface area contributed by atoms with Crippen molar-refractivity contribution in [2.45, 2.75) is 6.61 Å². The lowest BCUT2D eigenvalue weighted by molar-refractivity contribution is 0.281. The zero-order valence-corrected chi connectivity index (χ0v) is 10.1. The number of aromatic nitrogens is 1. The van der Waals surface area contributed by atoms with E-state index in [9.17, 15) is 13.9 Å². The van der Waals surface area contributed by atoms with Crippen molar-refractivity contribution < 1.29 is 22.8 Å². The van der Waals surface area contributed by atoms with Crippen LogP contribution in [0.4, 0.5) is 8.78 Å². The van der Waals surface area contributed by atoms with Gasteiger partial charge in [0.2, 0.25) is 5.76 Å². The van der Waals surface area contributed by atoms with Crippen LogP contribution < -0.4 is 0 Å². The van der Waals surface area contributed by atoms with Crippen LogP contribution in [-0.2, 0) is 6.61 Å². The second-order valence-corrected chi connectivity index (χ2v) is 4.10. The van der Waals surface area contributed by atoms with Crippen molar-refractivity contribution in [2.75, 3.05) is 0 Å². The molecule has 3 rings (SSSR count). The van der Waals surface area contributed by atoms with E-state index in [0.29, 0.717) is 16.9 Å². The molecular formula is C14H9F2NO3.